The van der Waals surface area contributed by atoms with E-state index in [-0.39, 0.29) is 30.1 Å². The third-order valence-corrected chi connectivity index (χ3v) is 4.29. The van der Waals surface area contributed by atoms with Gasteiger partial charge in [0.05, 0.1) is 37.5 Å². The number of nitriles is 1. The van der Waals surface area contributed by atoms with Crippen molar-refractivity contribution in [3.8, 4) is 6.07 Å². The molecule has 1 aliphatic rings. The SMILES string of the molecule is CCNC(=NCc1ccc(C#N)cc1)N1CCOC(c2cnn(C)c2)C1.I. The Kier molecular flexibility index (Phi) is 8.06. The fourth-order valence-electron chi connectivity index (χ4n) is 2.93. The molecule has 1 aromatic heterocycles. The summed E-state index contributed by atoms with van der Waals surface area (Å²) in [4.78, 5) is 7.00. The summed E-state index contributed by atoms with van der Waals surface area (Å²) in [6.45, 7) is 5.64. The van der Waals surface area contributed by atoms with Crippen molar-refractivity contribution in [1.82, 2.24) is 20.0 Å². The summed E-state index contributed by atoms with van der Waals surface area (Å²) in [5.74, 6) is 0.883. The predicted molar refractivity (Wildman–Crippen MR) is 115 cm³/mol. The molecule has 1 aromatic carbocycles. The first-order valence-electron chi connectivity index (χ1n) is 8.82. The number of aryl methyl sites for hydroxylation is 1. The lowest BCUT2D eigenvalue weighted by Crippen LogP contribution is -2.48. The Morgan fingerprint density at radius 1 is 1.41 bits per heavy atom. The van der Waals surface area contributed by atoms with Crippen LogP contribution < -0.4 is 5.32 Å². The van der Waals surface area contributed by atoms with Crippen molar-refractivity contribution in [3.05, 3.63) is 53.3 Å². The number of aromatic nitrogens is 2. The number of nitrogens with zero attached hydrogens (tertiary/aromatic N) is 5. The number of aliphatic imine (C=N–C) groups is 1. The predicted octanol–water partition coefficient (Wildman–Crippen LogP) is 2.45. The number of ether oxygens (including phenoxy) is 1. The minimum absolute atomic E-state index is 0. The molecule has 144 valence electrons. The Bertz CT molecular complexity index is 795. The first-order chi connectivity index (χ1) is 12.7. The highest BCUT2D eigenvalue weighted by molar-refractivity contribution is 14.0. The van der Waals surface area contributed by atoms with E-state index in [0.29, 0.717) is 18.7 Å². The third-order valence-electron chi connectivity index (χ3n) is 4.29. The van der Waals surface area contributed by atoms with Gasteiger partial charge in [-0.1, -0.05) is 12.1 Å². The van der Waals surface area contributed by atoms with E-state index in [1.807, 2.05) is 43.7 Å². The van der Waals surface area contributed by atoms with E-state index >= 15 is 0 Å². The van der Waals surface area contributed by atoms with Gasteiger partial charge in [0.2, 0.25) is 0 Å². The van der Waals surface area contributed by atoms with Gasteiger partial charge in [0.15, 0.2) is 5.96 Å². The van der Waals surface area contributed by atoms with Gasteiger partial charge in [0, 0.05) is 31.9 Å². The van der Waals surface area contributed by atoms with Gasteiger partial charge in [-0.15, -0.1) is 24.0 Å². The van der Waals surface area contributed by atoms with Crippen LogP contribution in [0.15, 0.2) is 41.7 Å². The number of benzene rings is 1. The molecular formula is C19H25IN6O. The van der Waals surface area contributed by atoms with Crippen LogP contribution in [0.25, 0.3) is 0 Å². The maximum Gasteiger partial charge on any atom is 0.194 e. The molecule has 8 heteroatoms. The smallest absolute Gasteiger partial charge is 0.194 e. The van der Waals surface area contributed by atoms with Crippen molar-refractivity contribution >= 4 is 29.9 Å². The minimum Gasteiger partial charge on any atom is -0.370 e. The van der Waals surface area contributed by atoms with Gasteiger partial charge in [0.1, 0.15) is 6.10 Å². The minimum atomic E-state index is -0.00350. The van der Waals surface area contributed by atoms with Gasteiger partial charge in [-0.2, -0.15) is 10.4 Å². The van der Waals surface area contributed by atoms with Crippen LogP contribution in [0, 0.1) is 11.3 Å². The second-order valence-corrected chi connectivity index (χ2v) is 6.23. The maximum atomic E-state index is 8.90. The van der Waals surface area contributed by atoms with Crippen LogP contribution in [0.4, 0.5) is 0 Å². The molecule has 27 heavy (non-hydrogen) atoms. The summed E-state index contributed by atoms with van der Waals surface area (Å²) < 4.78 is 7.71. The Morgan fingerprint density at radius 2 is 2.19 bits per heavy atom. The second kappa shape index (κ2) is 10.3. The van der Waals surface area contributed by atoms with Crippen LogP contribution in [-0.2, 0) is 18.3 Å². The van der Waals surface area contributed by atoms with Gasteiger partial charge in [-0.05, 0) is 24.6 Å². The standard InChI is InChI=1S/C19H24N6O.HI/c1-3-21-19(22-11-16-6-4-15(10-20)5-7-16)25-8-9-26-18(14-25)17-12-23-24(2)13-17;/h4-7,12-13,18H,3,8-9,11,14H2,1-2H3,(H,21,22);1H. The van der Waals surface area contributed by atoms with Gasteiger partial charge >= 0.3 is 0 Å². The summed E-state index contributed by atoms with van der Waals surface area (Å²) in [6, 6.07) is 9.68. The second-order valence-electron chi connectivity index (χ2n) is 6.23. The number of morpholine rings is 1. The van der Waals surface area contributed by atoms with Gasteiger partial charge < -0.3 is 15.0 Å². The molecule has 1 atom stereocenters. The van der Waals surface area contributed by atoms with Gasteiger partial charge in [-0.3, -0.25) is 4.68 Å². The Morgan fingerprint density at radius 3 is 2.81 bits per heavy atom. The normalized spacial score (nSPS) is 17.1. The van der Waals surface area contributed by atoms with Crippen LogP contribution in [0.5, 0.6) is 0 Å². The Hall–Kier alpha value is -2.12. The van der Waals surface area contributed by atoms with Crippen LogP contribution >= 0.6 is 24.0 Å². The average Bonchev–Trinajstić information content (AvgIpc) is 3.12. The molecule has 0 radical (unpaired) electrons. The zero-order chi connectivity index (χ0) is 18.4. The van der Waals surface area contributed by atoms with Crippen LogP contribution in [-0.4, -0.2) is 46.9 Å². The summed E-state index contributed by atoms with van der Waals surface area (Å²) in [5, 5.41) is 16.5. The van der Waals surface area contributed by atoms with E-state index in [0.717, 1.165) is 36.7 Å². The molecule has 0 saturated carbocycles. The van der Waals surface area contributed by atoms with Crippen molar-refractivity contribution in [3.63, 3.8) is 0 Å². The van der Waals surface area contributed by atoms with Crippen molar-refractivity contribution in [1.29, 1.82) is 5.26 Å². The molecule has 1 fully saturated rings. The highest BCUT2D eigenvalue weighted by Gasteiger charge is 2.25. The van der Waals surface area contributed by atoms with E-state index in [1.54, 1.807) is 4.68 Å². The fourth-order valence-corrected chi connectivity index (χ4v) is 2.93. The number of hydrogen-bond acceptors (Lipinski definition) is 4. The zero-order valence-electron chi connectivity index (χ0n) is 15.6. The monoisotopic (exact) mass is 480 g/mol. The maximum absolute atomic E-state index is 8.90. The Labute approximate surface area is 177 Å². The third kappa shape index (κ3) is 5.68. The molecule has 2 aromatic rings. The molecule has 1 saturated heterocycles. The average molecular weight is 480 g/mol. The van der Waals surface area contributed by atoms with Gasteiger partial charge in [-0.25, -0.2) is 4.99 Å². The molecule has 2 heterocycles. The van der Waals surface area contributed by atoms with E-state index in [9.17, 15) is 0 Å². The van der Waals surface area contributed by atoms with Crippen molar-refractivity contribution in [2.24, 2.45) is 12.0 Å². The molecule has 0 amide bonds. The number of rotatable bonds is 4. The van der Waals surface area contributed by atoms with Crippen LogP contribution in [0.3, 0.4) is 0 Å². The summed E-state index contributed by atoms with van der Waals surface area (Å²) in [7, 11) is 1.91. The van der Waals surface area contributed by atoms with E-state index in [1.165, 1.54) is 0 Å². The Balaban J connectivity index is 0.00000261. The van der Waals surface area contributed by atoms with Crippen molar-refractivity contribution in [2.45, 2.75) is 19.6 Å². The molecule has 0 aliphatic carbocycles. The number of halogens is 1. The zero-order valence-corrected chi connectivity index (χ0v) is 18.0. The summed E-state index contributed by atoms with van der Waals surface area (Å²) in [5.41, 5.74) is 2.83. The molecule has 1 aliphatic heterocycles. The van der Waals surface area contributed by atoms with E-state index in [4.69, 9.17) is 15.0 Å². The molecule has 1 N–H and O–H groups in total. The highest BCUT2D eigenvalue weighted by atomic mass is 127. The van der Waals surface area contributed by atoms with E-state index in [2.05, 4.69) is 28.3 Å². The molecule has 1 unspecified atom stereocenters. The van der Waals surface area contributed by atoms with E-state index < -0.39 is 0 Å². The van der Waals surface area contributed by atoms with Crippen molar-refractivity contribution in [2.75, 3.05) is 26.2 Å². The lowest BCUT2D eigenvalue weighted by atomic mass is 10.1. The quantitative estimate of drug-likeness (QED) is 0.413. The molecular weight excluding hydrogens is 455 g/mol. The van der Waals surface area contributed by atoms with Crippen molar-refractivity contribution < 1.29 is 4.74 Å². The van der Waals surface area contributed by atoms with Crippen LogP contribution in [0.1, 0.15) is 29.7 Å². The fraction of sp³-hybridized carbons (Fsp3) is 0.421. The molecule has 7 nitrogen and oxygen atoms in total. The first-order valence-corrected chi connectivity index (χ1v) is 8.82. The molecule has 3 rings (SSSR count). The largest absolute Gasteiger partial charge is 0.370 e. The number of nitrogens with one attached hydrogen (secondary N) is 1. The number of guanidine groups is 1. The summed E-state index contributed by atoms with van der Waals surface area (Å²) in [6.07, 6.45) is 3.85. The first kappa shape index (κ1) is 21.2. The van der Waals surface area contributed by atoms with Gasteiger partial charge in [0.25, 0.3) is 0 Å². The lowest BCUT2D eigenvalue weighted by Gasteiger charge is -2.34. The highest BCUT2D eigenvalue weighted by Crippen LogP contribution is 2.21. The lowest BCUT2D eigenvalue weighted by molar-refractivity contribution is -0.00805. The molecule has 0 bridgehead atoms. The molecule has 0 spiro atoms. The number of hydrogen-bond donors (Lipinski definition) is 1. The summed E-state index contributed by atoms with van der Waals surface area (Å²) >= 11 is 0. The topological polar surface area (TPSA) is 78.5 Å². The van der Waals surface area contributed by atoms with Crippen LogP contribution in [0.2, 0.25) is 0 Å².